The van der Waals surface area contributed by atoms with E-state index in [1.54, 1.807) is 26.4 Å². The summed E-state index contributed by atoms with van der Waals surface area (Å²) in [5.74, 6) is 1.92. The van der Waals surface area contributed by atoms with Crippen molar-refractivity contribution in [3.63, 3.8) is 0 Å². The predicted octanol–water partition coefficient (Wildman–Crippen LogP) is 4.49. The number of hydrogen-bond donors (Lipinski definition) is 0. The van der Waals surface area contributed by atoms with Crippen LogP contribution in [0.4, 0.5) is 0 Å². The van der Waals surface area contributed by atoms with Crippen molar-refractivity contribution in [1.29, 1.82) is 0 Å². The van der Waals surface area contributed by atoms with Gasteiger partial charge in [-0.3, -0.25) is 4.79 Å². The van der Waals surface area contributed by atoms with Gasteiger partial charge >= 0.3 is 0 Å². The number of carbonyl (C=O) groups excluding carboxylic acids is 1. The van der Waals surface area contributed by atoms with E-state index in [1.807, 2.05) is 6.07 Å². The number of unbranched alkanes of at least 4 members (excludes halogenated alkanes) is 1. The molecule has 1 rings (SSSR count). The second kappa shape index (κ2) is 8.62. The SMILES string of the molecule is CCCCC(CC)CC(=O)c1cc(OC)ccc1OC. The highest BCUT2D eigenvalue weighted by molar-refractivity contribution is 5.99. The van der Waals surface area contributed by atoms with Gasteiger partial charge in [-0.15, -0.1) is 0 Å². The van der Waals surface area contributed by atoms with Crippen LogP contribution in [-0.2, 0) is 0 Å². The van der Waals surface area contributed by atoms with E-state index in [0.717, 1.165) is 12.8 Å². The van der Waals surface area contributed by atoms with Gasteiger partial charge in [0.25, 0.3) is 0 Å². The summed E-state index contributed by atoms with van der Waals surface area (Å²) in [6.45, 7) is 4.33. The van der Waals surface area contributed by atoms with E-state index in [2.05, 4.69) is 13.8 Å². The smallest absolute Gasteiger partial charge is 0.167 e. The molecule has 20 heavy (non-hydrogen) atoms. The quantitative estimate of drug-likeness (QED) is 0.624. The highest BCUT2D eigenvalue weighted by atomic mass is 16.5. The number of methoxy groups -OCH3 is 2. The van der Waals surface area contributed by atoms with Crippen molar-refractivity contribution in [3.05, 3.63) is 23.8 Å². The molecule has 0 aliphatic heterocycles. The first-order chi connectivity index (χ1) is 9.65. The van der Waals surface area contributed by atoms with Crippen LogP contribution in [0.1, 0.15) is 56.3 Å². The van der Waals surface area contributed by atoms with Gasteiger partial charge in [0.1, 0.15) is 11.5 Å². The third-order valence-electron chi connectivity index (χ3n) is 3.72. The minimum Gasteiger partial charge on any atom is -0.497 e. The van der Waals surface area contributed by atoms with E-state index in [4.69, 9.17) is 9.47 Å². The molecule has 3 nitrogen and oxygen atoms in total. The van der Waals surface area contributed by atoms with E-state index in [-0.39, 0.29) is 5.78 Å². The first-order valence-corrected chi connectivity index (χ1v) is 7.41. The van der Waals surface area contributed by atoms with E-state index in [9.17, 15) is 4.79 Å². The van der Waals surface area contributed by atoms with Crippen molar-refractivity contribution in [2.24, 2.45) is 5.92 Å². The average Bonchev–Trinajstić information content (AvgIpc) is 2.50. The summed E-state index contributed by atoms with van der Waals surface area (Å²) in [6.07, 6.45) is 5.09. The number of ketones is 1. The Balaban J connectivity index is 2.84. The van der Waals surface area contributed by atoms with Crippen LogP contribution in [0.5, 0.6) is 11.5 Å². The molecule has 1 atom stereocenters. The van der Waals surface area contributed by atoms with Gasteiger partial charge < -0.3 is 9.47 Å². The Morgan fingerprint density at radius 1 is 1.20 bits per heavy atom. The summed E-state index contributed by atoms with van der Waals surface area (Å²) in [7, 11) is 3.19. The van der Waals surface area contributed by atoms with Crippen molar-refractivity contribution >= 4 is 5.78 Å². The first kappa shape index (κ1) is 16.5. The van der Waals surface area contributed by atoms with Gasteiger partial charge in [-0.2, -0.15) is 0 Å². The fourth-order valence-corrected chi connectivity index (χ4v) is 2.35. The Kier molecular flexibility index (Phi) is 7.13. The Hall–Kier alpha value is -1.51. The third-order valence-corrected chi connectivity index (χ3v) is 3.72. The molecule has 0 heterocycles. The summed E-state index contributed by atoms with van der Waals surface area (Å²) in [5, 5.41) is 0. The molecule has 0 aliphatic carbocycles. The van der Waals surface area contributed by atoms with E-state index < -0.39 is 0 Å². The van der Waals surface area contributed by atoms with Crippen LogP contribution in [0.2, 0.25) is 0 Å². The number of Topliss-reactive ketones (excluding diaryl/α,β-unsaturated/α-hetero) is 1. The maximum Gasteiger partial charge on any atom is 0.167 e. The van der Waals surface area contributed by atoms with Crippen LogP contribution in [0, 0.1) is 5.92 Å². The monoisotopic (exact) mass is 278 g/mol. The number of ether oxygens (including phenoxy) is 2. The molecule has 1 unspecified atom stereocenters. The van der Waals surface area contributed by atoms with E-state index >= 15 is 0 Å². The topological polar surface area (TPSA) is 35.5 Å². The molecule has 0 spiro atoms. The lowest BCUT2D eigenvalue weighted by molar-refractivity contribution is 0.0953. The van der Waals surface area contributed by atoms with Crippen molar-refractivity contribution < 1.29 is 14.3 Å². The number of carbonyl (C=O) groups is 1. The van der Waals surface area contributed by atoms with Crippen molar-refractivity contribution in [3.8, 4) is 11.5 Å². The molecule has 112 valence electrons. The van der Waals surface area contributed by atoms with Gasteiger partial charge in [0.2, 0.25) is 0 Å². The average molecular weight is 278 g/mol. The highest BCUT2D eigenvalue weighted by Gasteiger charge is 2.17. The van der Waals surface area contributed by atoms with Gasteiger partial charge in [-0.05, 0) is 24.1 Å². The minimum atomic E-state index is 0.142. The molecule has 0 aromatic heterocycles. The minimum absolute atomic E-state index is 0.142. The van der Waals surface area contributed by atoms with Crippen LogP contribution < -0.4 is 9.47 Å². The van der Waals surface area contributed by atoms with Crippen LogP contribution in [0.25, 0.3) is 0 Å². The van der Waals surface area contributed by atoms with Gasteiger partial charge in [-0.25, -0.2) is 0 Å². The van der Waals surface area contributed by atoms with Crippen molar-refractivity contribution in [2.75, 3.05) is 14.2 Å². The number of benzene rings is 1. The Labute approximate surface area is 122 Å². The zero-order chi connectivity index (χ0) is 15.0. The Morgan fingerprint density at radius 2 is 1.95 bits per heavy atom. The second-order valence-corrected chi connectivity index (χ2v) is 5.11. The fourth-order valence-electron chi connectivity index (χ4n) is 2.35. The molecule has 0 bridgehead atoms. The van der Waals surface area contributed by atoms with Gasteiger partial charge in [0.15, 0.2) is 5.78 Å². The molecule has 0 saturated carbocycles. The Morgan fingerprint density at radius 3 is 2.50 bits per heavy atom. The second-order valence-electron chi connectivity index (χ2n) is 5.11. The molecule has 0 aliphatic rings. The molecule has 0 fully saturated rings. The van der Waals surface area contributed by atoms with Crippen LogP contribution >= 0.6 is 0 Å². The molecule has 3 heteroatoms. The molecule has 1 aromatic rings. The molecule has 0 N–H and O–H groups in total. The largest absolute Gasteiger partial charge is 0.497 e. The number of hydrogen-bond acceptors (Lipinski definition) is 3. The normalized spacial score (nSPS) is 12.0. The molecular formula is C17H26O3. The van der Waals surface area contributed by atoms with Crippen molar-refractivity contribution in [1.82, 2.24) is 0 Å². The summed E-state index contributed by atoms with van der Waals surface area (Å²) in [6, 6.07) is 5.37. The summed E-state index contributed by atoms with van der Waals surface area (Å²) < 4.78 is 10.5. The van der Waals surface area contributed by atoms with Gasteiger partial charge in [0, 0.05) is 6.42 Å². The summed E-state index contributed by atoms with van der Waals surface area (Å²) in [5.41, 5.74) is 0.627. The van der Waals surface area contributed by atoms with Crippen LogP contribution in [0.15, 0.2) is 18.2 Å². The van der Waals surface area contributed by atoms with E-state index in [1.165, 1.54) is 12.8 Å². The number of rotatable bonds is 9. The molecule has 1 aromatic carbocycles. The molecule has 0 saturated heterocycles. The zero-order valence-electron chi connectivity index (χ0n) is 13.1. The lowest BCUT2D eigenvalue weighted by Gasteiger charge is -2.15. The summed E-state index contributed by atoms with van der Waals surface area (Å²) >= 11 is 0. The first-order valence-electron chi connectivity index (χ1n) is 7.41. The van der Waals surface area contributed by atoms with Crippen LogP contribution in [-0.4, -0.2) is 20.0 Å². The Bertz CT molecular complexity index is 426. The maximum absolute atomic E-state index is 12.5. The van der Waals surface area contributed by atoms with Crippen LogP contribution in [0.3, 0.4) is 0 Å². The zero-order valence-corrected chi connectivity index (χ0v) is 13.1. The lowest BCUT2D eigenvalue weighted by atomic mass is 9.91. The third kappa shape index (κ3) is 4.55. The van der Waals surface area contributed by atoms with E-state index in [0.29, 0.717) is 29.4 Å². The predicted molar refractivity (Wildman–Crippen MR) is 81.8 cm³/mol. The molecule has 0 radical (unpaired) electrons. The summed E-state index contributed by atoms with van der Waals surface area (Å²) in [4.78, 5) is 12.5. The standard InChI is InChI=1S/C17H26O3/c1-5-7-8-13(6-2)11-16(18)15-12-14(19-3)9-10-17(15)20-4/h9-10,12-13H,5-8,11H2,1-4H3. The van der Waals surface area contributed by atoms with Gasteiger partial charge in [-0.1, -0.05) is 39.5 Å². The van der Waals surface area contributed by atoms with Crippen molar-refractivity contribution in [2.45, 2.75) is 46.0 Å². The highest BCUT2D eigenvalue weighted by Crippen LogP contribution is 2.27. The molecule has 0 amide bonds. The fraction of sp³-hybridized carbons (Fsp3) is 0.588. The molecular weight excluding hydrogens is 252 g/mol. The van der Waals surface area contributed by atoms with Gasteiger partial charge in [0.05, 0.1) is 19.8 Å². The lowest BCUT2D eigenvalue weighted by Crippen LogP contribution is -2.10. The maximum atomic E-state index is 12.5.